The summed E-state index contributed by atoms with van der Waals surface area (Å²) in [5.41, 5.74) is 5.70. The van der Waals surface area contributed by atoms with Crippen molar-refractivity contribution >= 4 is 23.3 Å². The van der Waals surface area contributed by atoms with E-state index in [0.717, 1.165) is 10.6 Å². The van der Waals surface area contributed by atoms with Gasteiger partial charge < -0.3 is 0 Å². The van der Waals surface area contributed by atoms with E-state index in [1.165, 1.54) is 22.3 Å². The summed E-state index contributed by atoms with van der Waals surface area (Å²) in [4.78, 5) is 0. The summed E-state index contributed by atoms with van der Waals surface area (Å²) >= 11 is 6.26. The highest BCUT2D eigenvalue weighted by Gasteiger charge is 2.41. The topological polar surface area (TPSA) is 0 Å². The number of allylic oxidation sites excluding steroid dienone is 2. The molecule has 0 spiro atoms. The number of benzene rings is 3. The molecule has 0 radical (unpaired) electrons. The standard InChI is InChI=1S/C23H17Cl/c1-2-23(19-11-4-3-5-12-19)21-14-7-6-9-18(21)16-22(23)17-10-8-13-20(24)15-17/h2-16H,1H2. The molecule has 0 fully saturated rings. The Morgan fingerprint density at radius 1 is 0.833 bits per heavy atom. The number of fused-ring (bicyclic) bond motifs is 1. The molecule has 0 saturated carbocycles. The van der Waals surface area contributed by atoms with Gasteiger partial charge in [-0.05, 0) is 46.0 Å². The molecule has 1 aliphatic carbocycles. The van der Waals surface area contributed by atoms with Gasteiger partial charge in [0.25, 0.3) is 0 Å². The monoisotopic (exact) mass is 328 g/mol. The number of halogens is 1. The smallest absolute Gasteiger partial charge is 0.0641 e. The molecule has 0 saturated heterocycles. The van der Waals surface area contributed by atoms with Crippen LogP contribution in [0.2, 0.25) is 5.02 Å². The Morgan fingerprint density at radius 2 is 1.58 bits per heavy atom. The molecule has 0 amide bonds. The minimum atomic E-state index is -0.359. The summed E-state index contributed by atoms with van der Waals surface area (Å²) in [5.74, 6) is 0. The van der Waals surface area contributed by atoms with Crippen LogP contribution in [0.15, 0.2) is 91.5 Å². The van der Waals surface area contributed by atoms with Crippen molar-refractivity contribution in [2.45, 2.75) is 5.41 Å². The lowest BCUT2D eigenvalue weighted by Gasteiger charge is -2.32. The molecule has 1 unspecified atom stereocenters. The first-order chi connectivity index (χ1) is 11.8. The molecular formula is C23H17Cl. The lowest BCUT2D eigenvalue weighted by atomic mass is 9.70. The highest BCUT2D eigenvalue weighted by atomic mass is 35.5. The van der Waals surface area contributed by atoms with Crippen LogP contribution >= 0.6 is 11.6 Å². The van der Waals surface area contributed by atoms with E-state index in [1.54, 1.807) is 0 Å². The van der Waals surface area contributed by atoms with Crippen LogP contribution in [-0.4, -0.2) is 0 Å². The predicted molar refractivity (Wildman–Crippen MR) is 103 cm³/mol. The number of hydrogen-bond acceptors (Lipinski definition) is 0. The normalized spacial score (nSPS) is 18.8. The molecule has 0 bridgehead atoms. The fourth-order valence-electron chi connectivity index (χ4n) is 3.71. The largest absolute Gasteiger partial charge is 0.102 e. The van der Waals surface area contributed by atoms with Crippen LogP contribution in [0.4, 0.5) is 0 Å². The van der Waals surface area contributed by atoms with Gasteiger partial charge in [0.1, 0.15) is 0 Å². The van der Waals surface area contributed by atoms with E-state index in [9.17, 15) is 0 Å². The first-order valence-electron chi connectivity index (χ1n) is 8.02. The highest BCUT2D eigenvalue weighted by molar-refractivity contribution is 6.30. The fourth-order valence-corrected chi connectivity index (χ4v) is 3.90. The van der Waals surface area contributed by atoms with Crippen molar-refractivity contribution in [3.63, 3.8) is 0 Å². The van der Waals surface area contributed by atoms with Crippen molar-refractivity contribution in [3.8, 4) is 0 Å². The third-order valence-electron chi connectivity index (χ3n) is 4.78. The van der Waals surface area contributed by atoms with Gasteiger partial charge in [-0.3, -0.25) is 0 Å². The minimum Gasteiger partial charge on any atom is -0.102 e. The second kappa shape index (κ2) is 5.81. The lowest BCUT2D eigenvalue weighted by Crippen LogP contribution is -2.24. The van der Waals surface area contributed by atoms with Crippen LogP contribution in [0.5, 0.6) is 0 Å². The quantitative estimate of drug-likeness (QED) is 0.490. The fraction of sp³-hybridized carbons (Fsp3) is 0.0435. The Balaban J connectivity index is 2.04. The number of rotatable bonds is 3. The van der Waals surface area contributed by atoms with Gasteiger partial charge in [-0.25, -0.2) is 0 Å². The van der Waals surface area contributed by atoms with Gasteiger partial charge in [-0.2, -0.15) is 0 Å². The lowest BCUT2D eigenvalue weighted by molar-refractivity contribution is 0.856. The Bertz CT molecular complexity index is 937. The van der Waals surface area contributed by atoms with E-state index in [0.29, 0.717) is 0 Å². The summed E-state index contributed by atoms with van der Waals surface area (Å²) in [5, 5.41) is 0.746. The van der Waals surface area contributed by atoms with Gasteiger partial charge >= 0.3 is 0 Å². The Morgan fingerprint density at radius 3 is 2.33 bits per heavy atom. The van der Waals surface area contributed by atoms with Crippen molar-refractivity contribution in [1.82, 2.24) is 0 Å². The van der Waals surface area contributed by atoms with E-state index in [1.807, 2.05) is 24.3 Å². The molecule has 0 N–H and O–H groups in total. The van der Waals surface area contributed by atoms with Crippen molar-refractivity contribution < 1.29 is 0 Å². The second-order valence-corrected chi connectivity index (χ2v) is 6.47. The molecule has 0 nitrogen and oxygen atoms in total. The maximum atomic E-state index is 6.26. The average Bonchev–Trinajstić information content (AvgIpc) is 2.98. The maximum absolute atomic E-state index is 6.26. The van der Waals surface area contributed by atoms with Crippen molar-refractivity contribution in [1.29, 1.82) is 0 Å². The zero-order chi connectivity index (χ0) is 16.6. The minimum absolute atomic E-state index is 0.359. The van der Waals surface area contributed by atoms with Crippen LogP contribution in [0.1, 0.15) is 22.3 Å². The van der Waals surface area contributed by atoms with E-state index in [2.05, 4.69) is 73.3 Å². The van der Waals surface area contributed by atoms with Gasteiger partial charge in [0, 0.05) is 5.02 Å². The highest BCUT2D eigenvalue weighted by Crippen LogP contribution is 2.51. The first kappa shape index (κ1) is 15.0. The molecule has 4 rings (SSSR count). The number of hydrogen-bond donors (Lipinski definition) is 0. The molecule has 0 heterocycles. The summed E-state index contributed by atoms with van der Waals surface area (Å²) in [6.07, 6.45) is 4.32. The Hall–Kier alpha value is -2.57. The zero-order valence-corrected chi connectivity index (χ0v) is 14.0. The van der Waals surface area contributed by atoms with E-state index < -0.39 is 0 Å². The van der Waals surface area contributed by atoms with Crippen LogP contribution in [0.3, 0.4) is 0 Å². The summed E-state index contributed by atoms with van der Waals surface area (Å²) in [6.45, 7) is 4.21. The molecule has 1 aliphatic rings. The molecule has 3 aromatic carbocycles. The van der Waals surface area contributed by atoms with E-state index in [-0.39, 0.29) is 5.41 Å². The molecule has 1 atom stereocenters. The van der Waals surface area contributed by atoms with Crippen LogP contribution < -0.4 is 0 Å². The van der Waals surface area contributed by atoms with Gasteiger partial charge in [0.15, 0.2) is 0 Å². The molecule has 0 aliphatic heterocycles. The van der Waals surface area contributed by atoms with Crippen LogP contribution in [0.25, 0.3) is 11.6 Å². The first-order valence-corrected chi connectivity index (χ1v) is 8.40. The molecule has 3 aromatic rings. The van der Waals surface area contributed by atoms with Crippen molar-refractivity contribution in [2.24, 2.45) is 0 Å². The molecule has 24 heavy (non-hydrogen) atoms. The van der Waals surface area contributed by atoms with Gasteiger partial charge in [0.05, 0.1) is 5.41 Å². The average molecular weight is 329 g/mol. The third kappa shape index (κ3) is 2.15. The van der Waals surface area contributed by atoms with Gasteiger partial charge in [-0.15, -0.1) is 6.58 Å². The maximum Gasteiger partial charge on any atom is 0.0641 e. The van der Waals surface area contributed by atoms with Crippen molar-refractivity contribution in [2.75, 3.05) is 0 Å². The summed E-state index contributed by atoms with van der Waals surface area (Å²) in [6, 6.07) is 27.1. The Labute approximate surface area is 147 Å². The SMILES string of the molecule is C=CC1(c2ccccc2)C(c2cccc(Cl)c2)=Cc2ccccc21. The summed E-state index contributed by atoms with van der Waals surface area (Å²) in [7, 11) is 0. The van der Waals surface area contributed by atoms with Crippen LogP contribution in [0, 0.1) is 0 Å². The van der Waals surface area contributed by atoms with Crippen LogP contribution in [-0.2, 0) is 5.41 Å². The molecule has 0 aromatic heterocycles. The Kier molecular flexibility index (Phi) is 3.63. The van der Waals surface area contributed by atoms with Gasteiger partial charge in [-0.1, -0.05) is 84.4 Å². The third-order valence-corrected chi connectivity index (χ3v) is 5.02. The van der Waals surface area contributed by atoms with Gasteiger partial charge in [0.2, 0.25) is 0 Å². The zero-order valence-electron chi connectivity index (χ0n) is 13.2. The molecule has 116 valence electrons. The van der Waals surface area contributed by atoms with Crippen molar-refractivity contribution in [3.05, 3.63) is 119 Å². The van der Waals surface area contributed by atoms with E-state index in [4.69, 9.17) is 11.6 Å². The molecule has 1 heteroatoms. The van der Waals surface area contributed by atoms with E-state index >= 15 is 0 Å². The second-order valence-electron chi connectivity index (χ2n) is 6.03. The summed E-state index contributed by atoms with van der Waals surface area (Å²) < 4.78 is 0. The molecular weight excluding hydrogens is 312 g/mol. The predicted octanol–water partition coefficient (Wildman–Crippen LogP) is 6.37.